The van der Waals surface area contributed by atoms with Crippen molar-refractivity contribution in [2.75, 3.05) is 0 Å². The van der Waals surface area contributed by atoms with E-state index in [0.717, 1.165) is 0 Å². The Labute approximate surface area is 58.2 Å². The van der Waals surface area contributed by atoms with Crippen LogP contribution in [0.5, 0.6) is 0 Å². The molecule has 3 heteroatoms. The molecule has 0 spiro atoms. The fourth-order valence-electron chi connectivity index (χ4n) is 1.12. The summed E-state index contributed by atoms with van der Waals surface area (Å²) < 4.78 is 0. The highest BCUT2D eigenvalue weighted by molar-refractivity contribution is 6.00. The van der Waals surface area contributed by atoms with Gasteiger partial charge in [0.25, 0.3) is 5.91 Å². The second-order valence-corrected chi connectivity index (χ2v) is 2.32. The minimum absolute atomic E-state index is 0.120. The maximum Gasteiger partial charge on any atom is 0.271 e. The molecule has 0 aliphatic carbocycles. The standard InChI is InChI=1S/C7H6N2O/c10-7-6-5(4-9-7)2-1-3-8-6/h1-6H. The van der Waals surface area contributed by atoms with Crippen LogP contribution in [0.15, 0.2) is 22.1 Å². The lowest BCUT2D eigenvalue weighted by Gasteiger charge is -2.09. The van der Waals surface area contributed by atoms with E-state index in [1.54, 1.807) is 12.4 Å². The Morgan fingerprint density at radius 1 is 1.50 bits per heavy atom. The summed E-state index contributed by atoms with van der Waals surface area (Å²) in [5, 5.41) is 0. The van der Waals surface area contributed by atoms with Gasteiger partial charge in [0.15, 0.2) is 0 Å². The van der Waals surface area contributed by atoms with Crippen LogP contribution in [0, 0.1) is 5.92 Å². The lowest BCUT2D eigenvalue weighted by molar-refractivity contribution is -0.118. The summed E-state index contributed by atoms with van der Waals surface area (Å²) in [6, 6.07) is -0.245. The Kier molecular flexibility index (Phi) is 1.03. The van der Waals surface area contributed by atoms with Gasteiger partial charge in [-0.3, -0.25) is 9.79 Å². The van der Waals surface area contributed by atoms with Crippen molar-refractivity contribution >= 4 is 18.3 Å². The topological polar surface area (TPSA) is 41.8 Å². The summed E-state index contributed by atoms with van der Waals surface area (Å²) in [4.78, 5) is 18.5. The lowest BCUT2D eigenvalue weighted by atomic mass is 10.0. The van der Waals surface area contributed by atoms with Crippen molar-refractivity contribution in [1.82, 2.24) is 0 Å². The van der Waals surface area contributed by atoms with E-state index in [0.29, 0.717) is 0 Å². The summed E-state index contributed by atoms with van der Waals surface area (Å²) in [6.07, 6.45) is 7.08. The molecule has 3 nitrogen and oxygen atoms in total. The molecule has 2 atom stereocenters. The molecule has 2 rings (SSSR count). The number of nitrogens with zero attached hydrogens (tertiary/aromatic N) is 2. The van der Waals surface area contributed by atoms with Crippen LogP contribution in [0.1, 0.15) is 0 Å². The molecule has 50 valence electrons. The van der Waals surface area contributed by atoms with Gasteiger partial charge in [0, 0.05) is 18.3 Å². The molecule has 2 unspecified atom stereocenters. The van der Waals surface area contributed by atoms with E-state index in [1.807, 2.05) is 12.2 Å². The van der Waals surface area contributed by atoms with Crippen molar-refractivity contribution in [2.24, 2.45) is 15.9 Å². The number of carbonyl (C=O) groups is 1. The number of fused-ring (bicyclic) bond motifs is 1. The minimum Gasteiger partial charge on any atom is -0.279 e. The summed E-state index contributed by atoms with van der Waals surface area (Å²) in [6.45, 7) is 0. The summed E-state index contributed by atoms with van der Waals surface area (Å²) in [7, 11) is 0. The Morgan fingerprint density at radius 2 is 2.40 bits per heavy atom. The smallest absolute Gasteiger partial charge is 0.271 e. The Balaban J connectivity index is 2.34. The number of hydrogen-bond acceptors (Lipinski definition) is 2. The van der Waals surface area contributed by atoms with Crippen molar-refractivity contribution in [3.63, 3.8) is 0 Å². The zero-order chi connectivity index (χ0) is 6.97. The van der Waals surface area contributed by atoms with E-state index >= 15 is 0 Å². The normalized spacial score (nSPS) is 35.0. The van der Waals surface area contributed by atoms with Gasteiger partial charge in [-0.15, -0.1) is 0 Å². The predicted molar refractivity (Wildman–Crippen MR) is 38.4 cm³/mol. The molecule has 0 bridgehead atoms. The second kappa shape index (κ2) is 1.87. The van der Waals surface area contributed by atoms with Crippen LogP contribution in [-0.2, 0) is 4.79 Å². The van der Waals surface area contributed by atoms with Gasteiger partial charge in [0.05, 0.1) is 0 Å². The molecule has 1 amide bonds. The Morgan fingerprint density at radius 3 is 3.20 bits per heavy atom. The molecule has 0 aromatic heterocycles. The quantitative estimate of drug-likeness (QED) is 0.467. The highest BCUT2D eigenvalue weighted by Gasteiger charge is 2.29. The van der Waals surface area contributed by atoms with Gasteiger partial charge in [-0.25, -0.2) is 4.99 Å². The number of amides is 1. The van der Waals surface area contributed by atoms with E-state index in [-0.39, 0.29) is 17.9 Å². The SMILES string of the molecule is O=C1N=CC2C=CC=NC12. The third kappa shape index (κ3) is 0.635. The van der Waals surface area contributed by atoms with E-state index in [4.69, 9.17) is 0 Å². The van der Waals surface area contributed by atoms with Crippen LogP contribution in [-0.4, -0.2) is 24.4 Å². The molecule has 10 heavy (non-hydrogen) atoms. The summed E-state index contributed by atoms with van der Waals surface area (Å²) in [5.74, 6) is 0.00287. The molecule has 0 saturated heterocycles. The number of carbonyl (C=O) groups excluding carboxylic acids is 1. The Bertz CT molecular complexity index is 250. The number of dihydropyridines is 1. The van der Waals surface area contributed by atoms with Crippen molar-refractivity contribution in [2.45, 2.75) is 6.04 Å². The average molecular weight is 134 g/mol. The molecular weight excluding hydrogens is 128 g/mol. The third-order valence-electron chi connectivity index (χ3n) is 1.66. The molecule has 0 saturated carbocycles. The van der Waals surface area contributed by atoms with E-state index in [1.165, 1.54) is 0 Å². The zero-order valence-electron chi connectivity index (χ0n) is 5.27. The van der Waals surface area contributed by atoms with Crippen LogP contribution in [0.3, 0.4) is 0 Å². The first-order chi connectivity index (χ1) is 4.88. The van der Waals surface area contributed by atoms with Gasteiger partial charge in [0.1, 0.15) is 6.04 Å². The van der Waals surface area contributed by atoms with Crippen molar-refractivity contribution in [3.05, 3.63) is 12.2 Å². The van der Waals surface area contributed by atoms with Gasteiger partial charge < -0.3 is 0 Å². The monoisotopic (exact) mass is 134 g/mol. The minimum atomic E-state index is -0.245. The first-order valence-electron chi connectivity index (χ1n) is 3.16. The van der Waals surface area contributed by atoms with Crippen molar-refractivity contribution in [1.29, 1.82) is 0 Å². The van der Waals surface area contributed by atoms with Crippen molar-refractivity contribution in [3.8, 4) is 0 Å². The van der Waals surface area contributed by atoms with Crippen LogP contribution in [0.25, 0.3) is 0 Å². The zero-order valence-corrected chi connectivity index (χ0v) is 5.27. The second-order valence-electron chi connectivity index (χ2n) is 2.32. The average Bonchev–Trinajstić information content (AvgIpc) is 2.34. The van der Waals surface area contributed by atoms with E-state index in [2.05, 4.69) is 9.98 Å². The predicted octanol–water partition coefficient (Wildman–Crippen LogP) is 0.223. The fraction of sp³-hybridized carbons (Fsp3) is 0.286. The maximum atomic E-state index is 10.9. The van der Waals surface area contributed by atoms with Gasteiger partial charge in [-0.2, -0.15) is 0 Å². The van der Waals surface area contributed by atoms with Crippen LogP contribution < -0.4 is 0 Å². The number of allylic oxidation sites excluding steroid dienone is 1. The van der Waals surface area contributed by atoms with Crippen LogP contribution in [0.2, 0.25) is 0 Å². The summed E-state index contributed by atoms with van der Waals surface area (Å²) in [5.41, 5.74) is 0. The Hall–Kier alpha value is -1.25. The van der Waals surface area contributed by atoms with Gasteiger partial charge in [-0.1, -0.05) is 6.08 Å². The molecule has 0 radical (unpaired) electrons. The highest BCUT2D eigenvalue weighted by atomic mass is 16.1. The van der Waals surface area contributed by atoms with Crippen LogP contribution >= 0.6 is 0 Å². The van der Waals surface area contributed by atoms with Crippen LogP contribution in [0.4, 0.5) is 0 Å². The lowest BCUT2D eigenvalue weighted by Crippen LogP contribution is -2.21. The first kappa shape index (κ1) is 5.53. The molecule has 0 fully saturated rings. The number of rotatable bonds is 0. The van der Waals surface area contributed by atoms with Gasteiger partial charge >= 0.3 is 0 Å². The molecule has 2 heterocycles. The van der Waals surface area contributed by atoms with Gasteiger partial charge in [0.2, 0.25) is 0 Å². The largest absolute Gasteiger partial charge is 0.279 e. The summed E-state index contributed by atoms with van der Waals surface area (Å²) >= 11 is 0. The van der Waals surface area contributed by atoms with Gasteiger partial charge in [-0.05, 0) is 6.08 Å². The molecule has 0 N–H and O–H groups in total. The third-order valence-corrected chi connectivity index (χ3v) is 1.66. The molecule has 0 aromatic rings. The number of aliphatic imine (C=N–C) groups is 2. The highest BCUT2D eigenvalue weighted by Crippen LogP contribution is 2.17. The van der Waals surface area contributed by atoms with E-state index < -0.39 is 0 Å². The molecule has 2 aliphatic rings. The molecule has 0 aromatic carbocycles. The number of hydrogen-bond donors (Lipinski definition) is 0. The van der Waals surface area contributed by atoms with Crippen molar-refractivity contribution < 1.29 is 4.79 Å². The maximum absolute atomic E-state index is 10.9. The first-order valence-corrected chi connectivity index (χ1v) is 3.16. The fourth-order valence-corrected chi connectivity index (χ4v) is 1.12. The molecular formula is C7H6N2O. The van der Waals surface area contributed by atoms with E-state index in [9.17, 15) is 4.79 Å². The molecule has 2 aliphatic heterocycles.